The number of ether oxygens (including phenoxy) is 1. The smallest absolute Gasteiger partial charge is 0.266 e. The molecule has 0 unspecified atom stereocenters. The Morgan fingerprint density at radius 2 is 2.38 bits per heavy atom. The molecule has 1 aromatic heterocycles. The van der Waals surface area contributed by atoms with E-state index < -0.39 is 0 Å². The van der Waals surface area contributed by atoms with Gasteiger partial charge in [-0.05, 0) is 35.6 Å². The van der Waals surface area contributed by atoms with Gasteiger partial charge >= 0.3 is 0 Å². The maximum absolute atomic E-state index is 11.6. The van der Waals surface area contributed by atoms with E-state index in [0.29, 0.717) is 10.1 Å². The van der Waals surface area contributed by atoms with Gasteiger partial charge in [-0.2, -0.15) is 0 Å². The van der Waals surface area contributed by atoms with E-state index in [4.69, 9.17) is 4.74 Å². The number of rotatable bonds is 7. The standard InChI is InChI=1S/C10H16IN3O2/c1-16-6-2-3-12-4-5-14-8-13-7-9(11)10(14)15/h7-8,12H,2-6H2,1H3. The van der Waals surface area contributed by atoms with Gasteiger partial charge in [-0.15, -0.1) is 0 Å². The third kappa shape index (κ3) is 4.58. The molecular weight excluding hydrogens is 321 g/mol. The molecule has 0 atom stereocenters. The van der Waals surface area contributed by atoms with Gasteiger partial charge in [-0.25, -0.2) is 4.98 Å². The normalized spacial score (nSPS) is 10.6. The predicted molar refractivity (Wildman–Crippen MR) is 70.6 cm³/mol. The van der Waals surface area contributed by atoms with Crippen molar-refractivity contribution in [1.82, 2.24) is 14.9 Å². The van der Waals surface area contributed by atoms with Crippen LogP contribution < -0.4 is 10.9 Å². The summed E-state index contributed by atoms with van der Waals surface area (Å²) in [7, 11) is 1.69. The first-order valence-electron chi connectivity index (χ1n) is 5.15. The van der Waals surface area contributed by atoms with Gasteiger partial charge in [-0.3, -0.25) is 9.36 Å². The van der Waals surface area contributed by atoms with Crippen LogP contribution in [0, 0.1) is 3.57 Å². The van der Waals surface area contributed by atoms with Crippen molar-refractivity contribution in [2.45, 2.75) is 13.0 Å². The molecule has 0 aromatic carbocycles. The fourth-order valence-electron chi connectivity index (χ4n) is 1.25. The van der Waals surface area contributed by atoms with Crippen LogP contribution in [0.1, 0.15) is 6.42 Å². The summed E-state index contributed by atoms with van der Waals surface area (Å²) in [5.74, 6) is 0. The third-order valence-corrected chi connectivity index (χ3v) is 2.83. The molecule has 0 aliphatic carbocycles. The molecule has 0 radical (unpaired) electrons. The number of hydrogen-bond acceptors (Lipinski definition) is 4. The van der Waals surface area contributed by atoms with Gasteiger partial charge < -0.3 is 10.1 Å². The molecule has 5 nitrogen and oxygen atoms in total. The number of hydrogen-bond donors (Lipinski definition) is 1. The molecule has 0 fully saturated rings. The van der Waals surface area contributed by atoms with Crippen LogP contribution in [0.5, 0.6) is 0 Å². The van der Waals surface area contributed by atoms with Crippen LogP contribution in [0.25, 0.3) is 0 Å². The van der Waals surface area contributed by atoms with Crippen molar-refractivity contribution in [3.05, 3.63) is 26.4 Å². The van der Waals surface area contributed by atoms with E-state index in [9.17, 15) is 4.79 Å². The van der Waals surface area contributed by atoms with Crippen molar-refractivity contribution in [2.24, 2.45) is 0 Å². The Bertz CT molecular complexity index is 367. The lowest BCUT2D eigenvalue weighted by Crippen LogP contribution is -2.29. The second-order valence-electron chi connectivity index (χ2n) is 3.34. The molecule has 1 N–H and O–H groups in total. The Hall–Kier alpha value is -0.470. The Labute approximate surface area is 108 Å². The fraction of sp³-hybridized carbons (Fsp3) is 0.600. The first-order valence-corrected chi connectivity index (χ1v) is 6.23. The molecule has 0 aliphatic rings. The SMILES string of the molecule is COCCCNCCn1cncc(I)c1=O. The molecule has 0 spiro atoms. The first kappa shape index (κ1) is 13.6. The number of nitrogens with one attached hydrogen (secondary N) is 1. The van der Waals surface area contributed by atoms with Gasteiger partial charge in [0.15, 0.2) is 0 Å². The second kappa shape index (κ2) is 7.75. The Balaban J connectivity index is 2.27. The van der Waals surface area contributed by atoms with Gasteiger partial charge in [0.1, 0.15) is 0 Å². The maximum atomic E-state index is 11.6. The van der Waals surface area contributed by atoms with E-state index in [1.807, 2.05) is 22.6 Å². The summed E-state index contributed by atoms with van der Waals surface area (Å²) in [6, 6.07) is 0. The third-order valence-electron chi connectivity index (χ3n) is 2.09. The van der Waals surface area contributed by atoms with E-state index in [-0.39, 0.29) is 5.56 Å². The highest BCUT2D eigenvalue weighted by molar-refractivity contribution is 14.1. The van der Waals surface area contributed by atoms with Crippen LogP contribution >= 0.6 is 22.6 Å². The first-order chi connectivity index (χ1) is 7.75. The van der Waals surface area contributed by atoms with Crippen molar-refractivity contribution in [2.75, 3.05) is 26.8 Å². The highest BCUT2D eigenvalue weighted by Gasteiger charge is 1.99. The minimum absolute atomic E-state index is 0.0225. The molecular formula is C10H16IN3O2. The molecule has 90 valence electrons. The highest BCUT2D eigenvalue weighted by atomic mass is 127. The molecule has 1 heterocycles. The zero-order chi connectivity index (χ0) is 11.8. The summed E-state index contributed by atoms with van der Waals surface area (Å²) >= 11 is 2.00. The van der Waals surface area contributed by atoms with Crippen molar-refractivity contribution < 1.29 is 4.74 Å². The van der Waals surface area contributed by atoms with Gasteiger partial charge in [0.05, 0.1) is 9.90 Å². The summed E-state index contributed by atoms with van der Waals surface area (Å²) < 4.78 is 7.20. The zero-order valence-electron chi connectivity index (χ0n) is 9.28. The molecule has 16 heavy (non-hydrogen) atoms. The summed E-state index contributed by atoms with van der Waals surface area (Å²) in [4.78, 5) is 15.6. The lowest BCUT2D eigenvalue weighted by atomic mass is 10.4. The largest absolute Gasteiger partial charge is 0.385 e. The van der Waals surface area contributed by atoms with Crippen LogP contribution in [0.2, 0.25) is 0 Å². The average molecular weight is 337 g/mol. The Morgan fingerprint density at radius 1 is 1.56 bits per heavy atom. The molecule has 0 amide bonds. The number of aromatic nitrogens is 2. The quantitative estimate of drug-likeness (QED) is 0.581. The molecule has 6 heteroatoms. The van der Waals surface area contributed by atoms with Crippen LogP contribution in [0.4, 0.5) is 0 Å². The summed E-state index contributed by atoms with van der Waals surface area (Å²) in [5, 5.41) is 3.25. The van der Waals surface area contributed by atoms with Crippen molar-refractivity contribution in [3.63, 3.8) is 0 Å². The minimum Gasteiger partial charge on any atom is -0.385 e. The van der Waals surface area contributed by atoms with E-state index in [1.54, 1.807) is 24.2 Å². The monoisotopic (exact) mass is 337 g/mol. The van der Waals surface area contributed by atoms with E-state index >= 15 is 0 Å². The zero-order valence-corrected chi connectivity index (χ0v) is 11.4. The minimum atomic E-state index is 0.0225. The van der Waals surface area contributed by atoms with E-state index in [0.717, 1.165) is 26.1 Å². The number of nitrogens with zero attached hydrogens (tertiary/aromatic N) is 2. The summed E-state index contributed by atoms with van der Waals surface area (Å²) in [5.41, 5.74) is 0.0225. The van der Waals surface area contributed by atoms with E-state index in [2.05, 4.69) is 10.3 Å². The van der Waals surface area contributed by atoms with Crippen molar-refractivity contribution >= 4 is 22.6 Å². The van der Waals surface area contributed by atoms with Crippen molar-refractivity contribution in [3.8, 4) is 0 Å². The molecule has 0 aliphatic heterocycles. The predicted octanol–water partition coefficient (Wildman–Crippen LogP) is 0.474. The van der Waals surface area contributed by atoms with Gasteiger partial charge in [-0.1, -0.05) is 0 Å². The maximum Gasteiger partial charge on any atom is 0.266 e. The lowest BCUT2D eigenvalue weighted by molar-refractivity contribution is 0.194. The molecule has 1 aromatic rings. The Morgan fingerprint density at radius 3 is 3.12 bits per heavy atom. The van der Waals surface area contributed by atoms with Crippen LogP contribution in [0.15, 0.2) is 17.3 Å². The number of methoxy groups -OCH3 is 1. The highest BCUT2D eigenvalue weighted by Crippen LogP contribution is 1.92. The molecule has 0 bridgehead atoms. The van der Waals surface area contributed by atoms with Gasteiger partial charge in [0.25, 0.3) is 5.56 Å². The number of halogens is 1. The Kier molecular flexibility index (Phi) is 6.58. The average Bonchev–Trinajstić information content (AvgIpc) is 2.29. The van der Waals surface area contributed by atoms with Crippen molar-refractivity contribution in [1.29, 1.82) is 0 Å². The molecule has 1 rings (SSSR count). The molecule has 0 saturated carbocycles. The van der Waals surface area contributed by atoms with Crippen LogP contribution in [-0.2, 0) is 11.3 Å². The van der Waals surface area contributed by atoms with Crippen LogP contribution in [0.3, 0.4) is 0 Å². The van der Waals surface area contributed by atoms with Gasteiger partial charge in [0.2, 0.25) is 0 Å². The topological polar surface area (TPSA) is 56.1 Å². The summed E-state index contributed by atoms with van der Waals surface area (Å²) in [6.45, 7) is 3.08. The lowest BCUT2D eigenvalue weighted by Gasteiger charge is -2.06. The second-order valence-corrected chi connectivity index (χ2v) is 4.50. The fourth-order valence-corrected chi connectivity index (χ4v) is 1.72. The molecule has 0 saturated heterocycles. The van der Waals surface area contributed by atoms with Crippen LogP contribution in [-0.4, -0.2) is 36.4 Å². The van der Waals surface area contributed by atoms with Gasteiger partial charge in [0, 0.05) is 33.0 Å². The summed E-state index contributed by atoms with van der Waals surface area (Å²) in [6.07, 6.45) is 4.13. The van der Waals surface area contributed by atoms with E-state index in [1.165, 1.54) is 0 Å².